The summed E-state index contributed by atoms with van der Waals surface area (Å²) >= 11 is 0. The van der Waals surface area contributed by atoms with Crippen LogP contribution in [0, 0.1) is 11.8 Å². The van der Waals surface area contributed by atoms with Crippen molar-refractivity contribution < 1.29 is 14.3 Å². The lowest BCUT2D eigenvalue weighted by molar-refractivity contribution is -0.139. The van der Waals surface area contributed by atoms with Crippen LogP contribution in [0.4, 0.5) is 5.82 Å². The number of methoxy groups -OCH3 is 1. The maximum atomic E-state index is 13.3. The fourth-order valence-electron chi connectivity index (χ4n) is 4.00. The molecule has 0 radical (unpaired) electrons. The zero-order chi connectivity index (χ0) is 26.2. The van der Waals surface area contributed by atoms with Crippen LogP contribution in [0.3, 0.4) is 0 Å². The fourth-order valence-corrected chi connectivity index (χ4v) is 4.00. The number of amides is 2. The van der Waals surface area contributed by atoms with Crippen molar-refractivity contribution in [3.05, 3.63) is 36.0 Å². The van der Waals surface area contributed by atoms with E-state index < -0.39 is 0 Å². The Hall–Kier alpha value is -2.83. The smallest absolute Gasteiger partial charge is 0.245 e. The second kappa shape index (κ2) is 12.8. The zero-order valence-electron chi connectivity index (χ0n) is 22.9. The van der Waals surface area contributed by atoms with Crippen LogP contribution in [0.1, 0.15) is 79.8 Å². The molecule has 1 N–H and O–H groups in total. The minimum Gasteiger partial charge on any atom is -0.497 e. The second-order valence-electron chi connectivity index (χ2n) is 10.7. The Bertz CT molecular complexity index is 958. The van der Waals surface area contributed by atoms with Crippen LogP contribution in [0.15, 0.2) is 30.3 Å². The predicted octanol–water partition coefficient (Wildman–Crippen LogP) is 5.82. The number of ether oxygens (including phenoxy) is 1. The highest BCUT2D eigenvalue weighted by Crippen LogP contribution is 2.27. The minimum atomic E-state index is -0.223. The highest BCUT2D eigenvalue weighted by Gasteiger charge is 2.26. The summed E-state index contributed by atoms with van der Waals surface area (Å²) in [5.74, 6) is 1.41. The van der Waals surface area contributed by atoms with Gasteiger partial charge in [-0.05, 0) is 43.0 Å². The van der Waals surface area contributed by atoms with Crippen molar-refractivity contribution in [2.24, 2.45) is 11.8 Å². The van der Waals surface area contributed by atoms with Crippen LogP contribution < -0.4 is 10.1 Å². The molecule has 0 saturated carbocycles. The number of rotatable bonds is 12. The first-order valence-electron chi connectivity index (χ1n) is 12.8. The Morgan fingerprint density at radius 2 is 1.80 bits per heavy atom. The van der Waals surface area contributed by atoms with Gasteiger partial charge < -0.3 is 15.0 Å². The molecule has 194 valence electrons. The van der Waals surface area contributed by atoms with E-state index in [4.69, 9.17) is 9.84 Å². The lowest BCUT2D eigenvalue weighted by Gasteiger charge is -2.28. The average molecular weight is 485 g/mol. The van der Waals surface area contributed by atoms with E-state index in [2.05, 4.69) is 46.9 Å². The van der Waals surface area contributed by atoms with E-state index in [-0.39, 0.29) is 35.6 Å². The molecule has 0 spiro atoms. The number of nitrogens with one attached hydrogen (secondary N) is 1. The molecule has 0 saturated heterocycles. The van der Waals surface area contributed by atoms with Crippen molar-refractivity contribution in [3.8, 4) is 11.4 Å². The Labute approximate surface area is 211 Å². The van der Waals surface area contributed by atoms with Crippen LogP contribution in [-0.4, -0.2) is 46.7 Å². The lowest BCUT2D eigenvalue weighted by atomic mass is 9.92. The van der Waals surface area contributed by atoms with Crippen molar-refractivity contribution in [1.29, 1.82) is 0 Å². The Morgan fingerprint density at radius 3 is 2.31 bits per heavy atom. The van der Waals surface area contributed by atoms with Gasteiger partial charge in [-0.1, -0.05) is 61.3 Å². The van der Waals surface area contributed by atoms with E-state index in [1.165, 1.54) is 0 Å². The number of aromatic nitrogens is 2. The summed E-state index contributed by atoms with van der Waals surface area (Å²) < 4.78 is 7.01. The third kappa shape index (κ3) is 8.11. The van der Waals surface area contributed by atoms with Gasteiger partial charge in [0.25, 0.3) is 0 Å². The molecule has 2 aromatic rings. The van der Waals surface area contributed by atoms with Crippen LogP contribution in [-0.2, 0) is 15.0 Å². The van der Waals surface area contributed by atoms with E-state index in [0.717, 1.165) is 42.8 Å². The van der Waals surface area contributed by atoms with Crippen molar-refractivity contribution in [2.45, 2.75) is 79.6 Å². The predicted molar refractivity (Wildman–Crippen MR) is 142 cm³/mol. The van der Waals surface area contributed by atoms with Crippen molar-refractivity contribution in [3.63, 3.8) is 0 Å². The van der Waals surface area contributed by atoms with Crippen molar-refractivity contribution in [2.75, 3.05) is 25.5 Å². The number of benzene rings is 1. The van der Waals surface area contributed by atoms with Crippen molar-refractivity contribution in [1.82, 2.24) is 14.7 Å². The monoisotopic (exact) mass is 484 g/mol. The largest absolute Gasteiger partial charge is 0.497 e. The van der Waals surface area contributed by atoms with E-state index in [1.807, 2.05) is 37.3 Å². The van der Waals surface area contributed by atoms with Crippen molar-refractivity contribution >= 4 is 17.6 Å². The summed E-state index contributed by atoms with van der Waals surface area (Å²) in [5.41, 5.74) is 1.49. The first kappa shape index (κ1) is 28.4. The summed E-state index contributed by atoms with van der Waals surface area (Å²) in [6.07, 6.45) is 3.72. The molecule has 2 rings (SSSR count). The van der Waals surface area contributed by atoms with Gasteiger partial charge in [0, 0.05) is 23.9 Å². The first-order valence-corrected chi connectivity index (χ1v) is 12.8. The van der Waals surface area contributed by atoms with Gasteiger partial charge in [0.05, 0.1) is 25.0 Å². The van der Waals surface area contributed by atoms with Gasteiger partial charge >= 0.3 is 0 Å². The van der Waals surface area contributed by atoms with Gasteiger partial charge in [0.2, 0.25) is 11.8 Å². The Morgan fingerprint density at radius 1 is 1.14 bits per heavy atom. The third-order valence-electron chi connectivity index (χ3n) is 6.04. The van der Waals surface area contributed by atoms with Gasteiger partial charge in [-0.3, -0.25) is 9.59 Å². The summed E-state index contributed by atoms with van der Waals surface area (Å²) in [7, 11) is 1.63. The average Bonchev–Trinajstić information content (AvgIpc) is 3.23. The normalized spacial score (nSPS) is 12.5. The molecular weight excluding hydrogens is 440 g/mol. The lowest BCUT2D eigenvalue weighted by Crippen LogP contribution is -2.43. The standard InChI is InChI=1S/C28H44N4O3/c1-9-11-12-21(10-2)27(34)31(18-20(3)4)19-26(33)29-25-17-24(28(5,6)7)30-32(25)22-13-15-23(35-8)16-14-22/h13-17,20-21H,9-12,18-19H2,1-8H3,(H,29,33). The van der Waals surface area contributed by atoms with Gasteiger partial charge in [-0.25, -0.2) is 4.68 Å². The molecule has 1 aromatic carbocycles. The van der Waals surface area contributed by atoms with Crippen LogP contribution in [0.25, 0.3) is 5.69 Å². The van der Waals surface area contributed by atoms with Gasteiger partial charge in [-0.2, -0.15) is 5.10 Å². The Balaban J connectivity index is 2.29. The van der Waals surface area contributed by atoms with Gasteiger partial charge in [0.15, 0.2) is 0 Å². The molecule has 0 aliphatic carbocycles. The number of nitrogens with zero attached hydrogens (tertiary/aromatic N) is 3. The van der Waals surface area contributed by atoms with Gasteiger partial charge in [-0.15, -0.1) is 0 Å². The summed E-state index contributed by atoms with van der Waals surface area (Å²) in [6.45, 7) is 15.2. The molecule has 35 heavy (non-hydrogen) atoms. The van der Waals surface area contributed by atoms with E-state index >= 15 is 0 Å². The quantitative estimate of drug-likeness (QED) is 0.412. The molecule has 1 heterocycles. The zero-order valence-corrected chi connectivity index (χ0v) is 22.9. The van der Waals surface area contributed by atoms with Crippen LogP contribution in [0.5, 0.6) is 5.75 Å². The molecular formula is C28H44N4O3. The fraction of sp³-hybridized carbons (Fsp3) is 0.607. The van der Waals surface area contributed by atoms with E-state index in [1.54, 1.807) is 16.7 Å². The van der Waals surface area contributed by atoms with E-state index in [9.17, 15) is 9.59 Å². The number of unbranched alkanes of at least 4 members (excludes halogenated alkanes) is 1. The Kier molecular flexibility index (Phi) is 10.3. The number of hydrogen-bond donors (Lipinski definition) is 1. The first-order chi connectivity index (χ1) is 16.5. The van der Waals surface area contributed by atoms with Gasteiger partial charge in [0.1, 0.15) is 11.6 Å². The number of hydrogen-bond acceptors (Lipinski definition) is 4. The van der Waals surface area contributed by atoms with Crippen LogP contribution >= 0.6 is 0 Å². The summed E-state index contributed by atoms with van der Waals surface area (Å²) in [4.78, 5) is 28.2. The molecule has 1 aromatic heterocycles. The molecule has 0 bridgehead atoms. The molecule has 0 aliphatic heterocycles. The number of carbonyl (C=O) groups is 2. The highest BCUT2D eigenvalue weighted by molar-refractivity contribution is 5.94. The number of carbonyl (C=O) groups excluding carboxylic acids is 2. The maximum Gasteiger partial charge on any atom is 0.245 e. The number of anilines is 1. The second-order valence-corrected chi connectivity index (χ2v) is 10.7. The molecule has 0 aliphatic rings. The third-order valence-corrected chi connectivity index (χ3v) is 6.04. The molecule has 2 amide bonds. The molecule has 7 nitrogen and oxygen atoms in total. The van der Waals surface area contributed by atoms with Crippen LogP contribution in [0.2, 0.25) is 0 Å². The summed E-state index contributed by atoms with van der Waals surface area (Å²) in [5, 5.41) is 7.80. The molecule has 1 unspecified atom stereocenters. The minimum absolute atomic E-state index is 0.0261. The molecule has 1 atom stereocenters. The SMILES string of the molecule is CCCCC(CC)C(=O)N(CC(=O)Nc1cc(C(C)(C)C)nn1-c1ccc(OC)cc1)CC(C)C. The molecule has 7 heteroatoms. The summed E-state index contributed by atoms with van der Waals surface area (Å²) in [6, 6.07) is 9.45. The maximum absolute atomic E-state index is 13.3. The highest BCUT2D eigenvalue weighted by atomic mass is 16.5. The molecule has 0 fully saturated rings. The topological polar surface area (TPSA) is 76.5 Å². The van der Waals surface area contributed by atoms with E-state index in [0.29, 0.717) is 12.4 Å².